The van der Waals surface area contributed by atoms with Gasteiger partial charge in [0.05, 0.1) is 18.3 Å². The minimum atomic E-state index is -0.976. The Labute approximate surface area is 90.5 Å². The first-order valence-corrected chi connectivity index (χ1v) is 4.95. The molecule has 0 saturated carbocycles. The van der Waals surface area contributed by atoms with E-state index in [-0.39, 0.29) is 12.2 Å². The second-order valence-corrected chi connectivity index (χ2v) is 4.15. The summed E-state index contributed by atoms with van der Waals surface area (Å²) in [5.41, 5.74) is 5.06. The van der Waals surface area contributed by atoms with Gasteiger partial charge in [-0.2, -0.15) is 0 Å². The molecule has 2 atom stereocenters. The van der Waals surface area contributed by atoms with E-state index >= 15 is 0 Å². The van der Waals surface area contributed by atoms with Gasteiger partial charge in [-0.05, 0) is 20.8 Å². The summed E-state index contributed by atoms with van der Waals surface area (Å²) in [5, 5.41) is 9.05. The molecule has 0 radical (unpaired) electrons. The summed E-state index contributed by atoms with van der Waals surface area (Å²) in [4.78, 5) is 11.2. The Balaban J connectivity index is 3.83. The van der Waals surface area contributed by atoms with Crippen LogP contribution in [-0.2, 0) is 14.3 Å². The number of hydrogen-bond donors (Lipinski definition) is 2. The van der Waals surface area contributed by atoms with Crippen molar-refractivity contribution in [3.05, 3.63) is 0 Å². The van der Waals surface area contributed by atoms with E-state index in [4.69, 9.17) is 20.3 Å². The first kappa shape index (κ1) is 14.3. The molecule has 5 heteroatoms. The highest BCUT2D eigenvalue weighted by molar-refractivity contribution is 5.76. The third kappa shape index (κ3) is 5.71. The summed E-state index contributed by atoms with van der Waals surface area (Å²) in [6.07, 6.45) is -0.310. The van der Waals surface area contributed by atoms with Crippen LogP contribution in [0.5, 0.6) is 0 Å². The van der Waals surface area contributed by atoms with E-state index in [1.165, 1.54) is 6.92 Å². The number of esters is 1. The number of carbonyl (C=O) groups is 1. The van der Waals surface area contributed by atoms with Crippen molar-refractivity contribution in [3.63, 3.8) is 0 Å². The second-order valence-electron chi connectivity index (χ2n) is 4.15. The number of nitrogens with two attached hydrogens (primary N) is 1. The lowest BCUT2D eigenvalue weighted by molar-refractivity contribution is -0.149. The van der Waals surface area contributed by atoms with Gasteiger partial charge in [0.25, 0.3) is 0 Å². The Hall–Kier alpha value is -0.650. The van der Waals surface area contributed by atoms with Crippen LogP contribution >= 0.6 is 0 Å². The zero-order valence-electron chi connectivity index (χ0n) is 9.82. The summed E-state index contributed by atoms with van der Waals surface area (Å²) >= 11 is 0. The number of hydrogen-bond acceptors (Lipinski definition) is 5. The zero-order chi connectivity index (χ0) is 12.1. The van der Waals surface area contributed by atoms with Crippen molar-refractivity contribution in [2.75, 3.05) is 13.7 Å². The molecule has 90 valence electrons. The fourth-order valence-electron chi connectivity index (χ4n) is 0.793. The molecule has 0 aromatic rings. The molecule has 0 spiro atoms. The molecule has 0 unspecified atom stereocenters. The van der Waals surface area contributed by atoms with Gasteiger partial charge in [0.15, 0.2) is 0 Å². The summed E-state index contributed by atoms with van der Waals surface area (Å²) in [5.74, 6) is -0.586. The largest absolute Gasteiger partial charge is 0.464 e. The van der Waals surface area contributed by atoms with Gasteiger partial charge in [-0.15, -0.1) is 0 Å². The monoisotopic (exact) mass is 219 g/mol. The molecule has 0 heterocycles. The van der Waals surface area contributed by atoms with E-state index in [0.717, 1.165) is 0 Å². The van der Waals surface area contributed by atoms with Crippen molar-refractivity contribution in [3.8, 4) is 0 Å². The topological polar surface area (TPSA) is 81.8 Å². The maximum Gasteiger partial charge on any atom is 0.325 e. The third-order valence-electron chi connectivity index (χ3n) is 2.29. The quantitative estimate of drug-likeness (QED) is 0.617. The molecule has 0 bridgehead atoms. The summed E-state index contributed by atoms with van der Waals surface area (Å²) in [7, 11) is 1.60. The lowest BCUT2D eigenvalue weighted by atomic mass is 10.1. The molecule has 3 N–H and O–H groups in total. The van der Waals surface area contributed by atoms with Gasteiger partial charge in [0.2, 0.25) is 0 Å². The van der Waals surface area contributed by atoms with E-state index in [0.29, 0.717) is 6.42 Å². The zero-order valence-corrected chi connectivity index (χ0v) is 9.82. The predicted molar refractivity (Wildman–Crippen MR) is 56.3 cm³/mol. The van der Waals surface area contributed by atoms with Crippen LogP contribution in [-0.4, -0.2) is 42.5 Å². The number of rotatable bonds is 6. The van der Waals surface area contributed by atoms with Gasteiger partial charge in [-0.1, -0.05) is 0 Å². The van der Waals surface area contributed by atoms with Crippen molar-refractivity contribution in [1.29, 1.82) is 0 Å². The minimum Gasteiger partial charge on any atom is -0.464 e. The smallest absolute Gasteiger partial charge is 0.325 e. The molecular weight excluding hydrogens is 198 g/mol. The molecule has 0 amide bonds. The Morgan fingerprint density at radius 1 is 1.53 bits per heavy atom. The Morgan fingerprint density at radius 2 is 2.07 bits per heavy atom. The van der Waals surface area contributed by atoms with E-state index in [1.54, 1.807) is 7.11 Å². The normalized spacial score (nSPS) is 15.9. The minimum absolute atomic E-state index is 0.236. The van der Waals surface area contributed by atoms with Gasteiger partial charge in [0.1, 0.15) is 6.04 Å². The Bertz CT molecular complexity index is 204. The van der Waals surface area contributed by atoms with E-state index < -0.39 is 18.1 Å². The molecule has 0 aromatic heterocycles. The van der Waals surface area contributed by atoms with Crippen LogP contribution in [0.3, 0.4) is 0 Å². The van der Waals surface area contributed by atoms with Gasteiger partial charge in [-0.3, -0.25) is 4.79 Å². The van der Waals surface area contributed by atoms with E-state index in [9.17, 15) is 4.79 Å². The van der Waals surface area contributed by atoms with Crippen LogP contribution in [0.1, 0.15) is 27.2 Å². The van der Waals surface area contributed by atoms with Crippen LogP contribution in [0.25, 0.3) is 0 Å². The maximum absolute atomic E-state index is 11.2. The molecule has 0 fully saturated rings. The first-order valence-electron chi connectivity index (χ1n) is 4.95. The molecule has 5 nitrogen and oxygen atoms in total. The number of carbonyl (C=O) groups excluding carboxylic acids is 1. The van der Waals surface area contributed by atoms with Crippen molar-refractivity contribution in [2.45, 2.75) is 44.9 Å². The van der Waals surface area contributed by atoms with Crippen molar-refractivity contribution < 1.29 is 19.4 Å². The second kappa shape index (κ2) is 6.05. The molecule has 0 aliphatic rings. The van der Waals surface area contributed by atoms with Gasteiger partial charge in [-0.25, -0.2) is 0 Å². The average Bonchev–Trinajstić information content (AvgIpc) is 2.16. The molecule has 15 heavy (non-hydrogen) atoms. The van der Waals surface area contributed by atoms with Gasteiger partial charge in [0, 0.05) is 13.5 Å². The highest BCUT2D eigenvalue weighted by Crippen LogP contribution is 2.12. The van der Waals surface area contributed by atoms with Gasteiger partial charge < -0.3 is 20.3 Å². The van der Waals surface area contributed by atoms with Crippen LogP contribution in [0.15, 0.2) is 0 Å². The van der Waals surface area contributed by atoms with E-state index in [2.05, 4.69) is 0 Å². The van der Waals surface area contributed by atoms with E-state index in [1.807, 2.05) is 13.8 Å². The highest BCUT2D eigenvalue weighted by Gasteiger charge is 2.22. The van der Waals surface area contributed by atoms with Crippen molar-refractivity contribution >= 4 is 5.97 Å². The summed E-state index contributed by atoms with van der Waals surface area (Å²) < 4.78 is 10.1. The summed E-state index contributed by atoms with van der Waals surface area (Å²) in [6.45, 7) is 5.48. The maximum atomic E-state index is 11.2. The lowest BCUT2D eigenvalue weighted by Crippen LogP contribution is -2.41. The van der Waals surface area contributed by atoms with Crippen LogP contribution in [0, 0.1) is 0 Å². The SMILES string of the molecule is COC(C)(C)CCOC(=O)[C@@H](N)[C@@H](C)O. The molecule has 0 aliphatic carbocycles. The number of methoxy groups -OCH3 is 1. The fourth-order valence-corrected chi connectivity index (χ4v) is 0.793. The Kier molecular flexibility index (Phi) is 5.79. The predicted octanol–water partition coefficient (Wildman–Crippen LogP) is 0.0528. The number of aliphatic hydroxyl groups is 1. The molecule has 0 saturated heterocycles. The van der Waals surface area contributed by atoms with Crippen LogP contribution in [0.2, 0.25) is 0 Å². The standard InChI is InChI=1S/C10H21NO4/c1-7(12)8(11)9(13)15-6-5-10(2,3)14-4/h7-8,12H,5-6,11H2,1-4H3/t7-,8+/m1/s1. The lowest BCUT2D eigenvalue weighted by Gasteiger charge is -2.23. The molecular formula is C10H21NO4. The molecule has 0 aliphatic heterocycles. The average molecular weight is 219 g/mol. The number of aliphatic hydroxyl groups excluding tert-OH is 1. The highest BCUT2D eigenvalue weighted by atomic mass is 16.5. The Morgan fingerprint density at radius 3 is 2.47 bits per heavy atom. The van der Waals surface area contributed by atoms with Crippen molar-refractivity contribution in [1.82, 2.24) is 0 Å². The number of ether oxygens (including phenoxy) is 2. The third-order valence-corrected chi connectivity index (χ3v) is 2.29. The van der Waals surface area contributed by atoms with Crippen molar-refractivity contribution in [2.24, 2.45) is 5.73 Å². The molecule has 0 aromatic carbocycles. The fraction of sp³-hybridized carbons (Fsp3) is 0.900. The van der Waals surface area contributed by atoms with Crippen LogP contribution in [0.4, 0.5) is 0 Å². The first-order chi connectivity index (χ1) is 6.80. The summed E-state index contributed by atoms with van der Waals surface area (Å²) in [6, 6.07) is -0.976. The van der Waals surface area contributed by atoms with Gasteiger partial charge >= 0.3 is 5.97 Å². The molecule has 0 rings (SSSR count). The van der Waals surface area contributed by atoms with Crippen LogP contribution < -0.4 is 5.73 Å².